The van der Waals surface area contributed by atoms with Gasteiger partial charge in [0.1, 0.15) is 12.4 Å². The van der Waals surface area contributed by atoms with Gasteiger partial charge in [0, 0.05) is 6.20 Å². The molecule has 88 valence electrons. The van der Waals surface area contributed by atoms with Crippen molar-refractivity contribution < 1.29 is 4.74 Å². The smallest absolute Gasteiger partial charge is 0.143 e. The highest BCUT2D eigenvalue weighted by Gasteiger charge is 2.03. The van der Waals surface area contributed by atoms with Gasteiger partial charge in [-0.3, -0.25) is 4.98 Å². The minimum absolute atomic E-state index is 0.445. The van der Waals surface area contributed by atoms with Crippen LogP contribution < -0.4 is 10.5 Å². The van der Waals surface area contributed by atoms with Crippen molar-refractivity contribution in [1.29, 1.82) is 0 Å². The van der Waals surface area contributed by atoms with Gasteiger partial charge in [-0.15, -0.1) is 0 Å². The van der Waals surface area contributed by atoms with E-state index in [1.807, 2.05) is 44.2 Å². The Morgan fingerprint density at radius 1 is 1.24 bits per heavy atom. The number of nitrogens with two attached hydrogens (primary N) is 1. The molecule has 0 unspecified atom stereocenters. The predicted octanol–water partition coefficient (Wildman–Crippen LogP) is 2.86. The van der Waals surface area contributed by atoms with Crippen LogP contribution in [0.25, 0.3) is 0 Å². The summed E-state index contributed by atoms with van der Waals surface area (Å²) in [4.78, 5) is 4.28. The van der Waals surface area contributed by atoms with Gasteiger partial charge in [-0.05, 0) is 43.2 Å². The molecule has 17 heavy (non-hydrogen) atoms. The van der Waals surface area contributed by atoms with E-state index in [0.29, 0.717) is 12.3 Å². The van der Waals surface area contributed by atoms with Crippen molar-refractivity contribution in [3.63, 3.8) is 0 Å². The summed E-state index contributed by atoms with van der Waals surface area (Å²) in [6.07, 6.45) is 1.77. The molecular formula is C14H16N2O. The minimum atomic E-state index is 0.445. The van der Waals surface area contributed by atoms with E-state index >= 15 is 0 Å². The maximum atomic E-state index is 5.85. The van der Waals surface area contributed by atoms with Gasteiger partial charge in [-0.25, -0.2) is 0 Å². The number of nitrogens with zero attached hydrogens (tertiary/aromatic N) is 1. The third kappa shape index (κ3) is 2.75. The van der Waals surface area contributed by atoms with Crippen LogP contribution in [0.3, 0.4) is 0 Å². The lowest BCUT2D eigenvalue weighted by Crippen LogP contribution is -2.02. The zero-order chi connectivity index (χ0) is 12.3. The summed E-state index contributed by atoms with van der Waals surface area (Å²) in [5, 5.41) is 0. The standard InChI is InChI=1S/C14H16N2O/c1-10-5-6-12(15)14(8-10)17-9-13-11(2)4-3-7-16-13/h3-8H,9,15H2,1-2H3. The van der Waals surface area contributed by atoms with Crippen molar-refractivity contribution >= 4 is 5.69 Å². The van der Waals surface area contributed by atoms with Crippen molar-refractivity contribution in [2.45, 2.75) is 20.5 Å². The van der Waals surface area contributed by atoms with Crippen LogP contribution in [-0.4, -0.2) is 4.98 Å². The zero-order valence-electron chi connectivity index (χ0n) is 10.1. The SMILES string of the molecule is Cc1ccc(N)c(OCc2ncccc2C)c1. The van der Waals surface area contributed by atoms with Crippen molar-refractivity contribution in [1.82, 2.24) is 4.98 Å². The Kier molecular flexibility index (Phi) is 3.28. The van der Waals surface area contributed by atoms with Crippen LogP contribution in [0.5, 0.6) is 5.75 Å². The van der Waals surface area contributed by atoms with Gasteiger partial charge in [-0.2, -0.15) is 0 Å². The third-order valence-corrected chi connectivity index (χ3v) is 2.65. The summed E-state index contributed by atoms with van der Waals surface area (Å²) in [6, 6.07) is 9.70. The maximum absolute atomic E-state index is 5.85. The molecule has 0 saturated carbocycles. The van der Waals surface area contributed by atoms with Gasteiger partial charge >= 0.3 is 0 Å². The Morgan fingerprint density at radius 2 is 2.06 bits per heavy atom. The van der Waals surface area contributed by atoms with Gasteiger partial charge in [-0.1, -0.05) is 12.1 Å². The summed E-state index contributed by atoms with van der Waals surface area (Å²) >= 11 is 0. The molecule has 1 aromatic carbocycles. The number of nitrogen functional groups attached to an aromatic ring is 1. The number of pyridine rings is 1. The first-order valence-electron chi connectivity index (χ1n) is 5.56. The molecule has 3 nitrogen and oxygen atoms in total. The molecule has 0 aliphatic rings. The molecule has 0 spiro atoms. The molecule has 1 aromatic heterocycles. The lowest BCUT2D eigenvalue weighted by molar-refractivity contribution is 0.302. The molecular weight excluding hydrogens is 212 g/mol. The predicted molar refractivity (Wildman–Crippen MR) is 68.9 cm³/mol. The molecule has 2 aromatic rings. The molecule has 0 atom stereocenters. The Hall–Kier alpha value is -2.03. The second kappa shape index (κ2) is 4.87. The Morgan fingerprint density at radius 3 is 2.82 bits per heavy atom. The van der Waals surface area contributed by atoms with Crippen LogP contribution in [0.4, 0.5) is 5.69 Å². The highest BCUT2D eigenvalue weighted by Crippen LogP contribution is 2.23. The number of aromatic nitrogens is 1. The van der Waals surface area contributed by atoms with Crippen LogP contribution in [-0.2, 0) is 6.61 Å². The summed E-state index contributed by atoms with van der Waals surface area (Å²) in [7, 11) is 0. The monoisotopic (exact) mass is 228 g/mol. The first-order chi connectivity index (χ1) is 8.16. The number of ether oxygens (including phenoxy) is 1. The molecule has 2 N–H and O–H groups in total. The number of anilines is 1. The van der Waals surface area contributed by atoms with Gasteiger partial charge < -0.3 is 10.5 Å². The number of hydrogen-bond donors (Lipinski definition) is 1. The summed E-state index contributed by atoms with van der Waals surface area (Å²) in [5.41, 5.74) is 9.70. The second-order valence-electron chi connectivity index (χ2n) is 4.10. The van der Waals surface area contributed by atoms with E-state index in [1.54, 1.807) is 6.20 Å². The summed E-state index contributed by atoms with van der Waals surface area (Å²) in [5.74, 6) is 0.718. The second-order valence-corrected chi connectivity index (χ2v) is 4.10. The van der Waals surface area contributed by atoms with Gasteiger partial charge in [0.15, 0.2) is 0 Å². The number of benzene rings is 1. The molecule has 0 aliphatic heterocycles. The van der Waals surface area contributed by atoms with Gasteiger partial charge in [0.05, 0.1) is 11.4 Å². The normalized spacial score (nSPS) is 10.2. The highest BCUT2D eigenvalue weighted by atomic mass is 16.5. The van der Waals surface area contributed by atoms with Crippen LogP contribution in [0.1, 0.15) is 16.8 Å². The first kappa shape index (κ1) is 11.5. The van der Waals surface area contributed by atoms with E-state index in [4.69, 9.17) is 10.5 Å². The molecule has 1 heterocycles. The van der Waals surface area contributed by atoms with Crippen molar-refractivity contribution in [3.05, 3.63) is 53.3 Å². The minimum Gasteiger partial charge on any atom is -0.485 e. The van der Waals surface area contributed by atoms with Crippen LogP contribution in [0.15, 0.2) is 36.5 Å². The van der Waals surface area contributed by atoms with Gasteiger partial charge in [0.2, 0.25) is 0 Å². The maximum Gasteiger partial charge on any atom is 0.143 e. The Bertz CT molecular complexity index is 523. The van der Waals surface area contributed by atoms with Crippen molar-refractivity contribution in [3.8, 4) is 5.75 Å². The lowest BCUT2D eigenvalue weighted by Gasteiger charge is -2.10. The molecule has 0 amide bonds. The summed E-state index contributed by atoms with van der Waals surface area (Å²) in [6.45, 7) is 4.48. The average molecular weight is 228 g/mol. The zero-order valence-corrected chi connectivity index (χ0v) is 10.1. The van der Waals surface area contributed by atoms with Gasteiger partial charge in [0.25, 0.3) is 0 Å². The van der Waals surface area contributed by atoms with Crippen molar-refractivity contribution in [2.24, 2.45) is 0 Å². The van der Waals surface area contributed by atoms with Crippen LogP contribution in [0, 0.1) is 13.8 Å². The van der Waals surface area contributed by atoms with Crippen LogP contribution >= 0.6 is 0 Å². The van der Waals surface area contributed by atoms with E-state index in [2.05, 4.69) is 4.98 Å². The quantitative estimate of drug-likeness (QED) is 0.822. The highest BCUT2D eigenvalue weighted by molar-refractivity contribution is 5.53. The average Bonchev–Trinajstić information content (AvgIpc) is 2.32. The molecule has 0 radical (unpaired) electrons. The molecule has 3 heteroatoms. The summed E-state index contributed by atoms with van der Waals surface area (Å²) < 4.78 is 5.70. The van der Waals surface area contributed by atoms with Crippen molar-refractivity contribution in [2.75, 3.05) is 5.73 Å². The molecule has 0 saturated heterocycles. The fraction of sp³-hybridized carbons (Fsp3) is 0.214. The Labute approximate surface area is 101 Å². The number of rotatable bonds is 3. The lowest BCUT2D eigenvalue weighted by atomic mass is 10.2. The molecule has 0 fully saturated rings. The van der Waals surface area contributed by atoms with E-state index in [1.165, 1.54) is 0 Å². The Balaban J connectivity index is 2.12. The number of aryl methyl sites for hydroxylation is 2. The van der Waals surface area contributed by atoms with E-state index in [9.17, 15) is 0 Å². The molecule has 0 bridgehead atoms. The van der Waals surface area contributed by atoms with E-state index in [-0.39, 0.29) is 0 Å². The van der Waals surface area contributed by atoms with E-state index in [0.717, 1.165) is 22.6 Å². The fourth-order valence-corrected chi connectivity index (χ4v) is 1.58. The topological polar surface area (TPSA) is 48.1 Å². The fourth-order valence-electron chi connectivity index (χ4n) is 1.58. The number of hydrogen-bond acceptors (Lipinski definition) is 3. The van der Waals surface area contributed by atoms with E-state index < -0.39 is 0 Å². The molecule has 2 rings (SSSR count). The van der Waals surface area contributed by atoms with Crippen LogP contribution in [0.2, 0.25) is 0 Å². The third-order valence-electron chi connectivity index (χ3n) is 2.65. The largest absolute Gasteiger partial charge is 0.485 e. The molecule has 0 aliphatic carbocycles. The first-order valence-corrected chi connectivity index (χ1v) is 5.56.